The molecule has 1 nitrogen and oxygen atoms in total. The van der Waals surface area contributed by atoms with Crippen LogP contribution in [0.5, 0.6) is 0 Å². The van der Waals surface area contributed by atoms with Crippen molar-refractivity contribution in [2.24, 2.45) is 0 Å². The van der Waals surface area contributed by atoms with E-state index < -0.39 is 11.6 Å². The van der Waals surface area contributed by atoms with Gasteiger partial charge in [0.05, 0.1) is 5.56 Å². The molecule has 0 saturated carbocycles. The van der Waals surface area contributed by atoms with Gasteiger partial charge in [0.25, 0.3) is 0 Å². The average molecular weight is 337 g/mol. The maximum Gasteiger partial charge on any atom is 0.133 e. The normalized spacial score (nSPS) is 10.7. The summed E-state index contributed by atoms with van der Waals surface area (Å²) in [5.41, 5.74) is 3.37. The summed E-state index contributed by atoms with van der Waals surface area (Å²) in [6, 6.07) is 19.2. The molecule has 3 rings (SSSR count). The zero-order valence-electron chi connectivity index (χ0n) is 14.2. The van der Waals surface area contributed by atoms with Crippen molar-refractivity contribution in [3.63, 3.8) is 0 Å². The van der Waals surface area contributed by atoms with Gasteiger partial charge in [-0.3, -0.25) is 0 Å². The maximum atomic E-state index is 14.2. The van der Waals surface area contributed by atoms with Crippen molar-refractivity contribution >= 4 is 5.69 Å². The molecule has 0 radical (unpaired) electrons. The lowest BCUT2D eigenvalue weighted by Crippen LogP contribution is -2.00. The number of halogens is 2. The molecule has 1 N–H and O–H groups in total. The molecule has 0 atom stereocenters. The summed E-state index contributed by atoms with van der Waals surface area (Å²) < 4.78 is 28.4. The van der Waals surface area contributed by atoms with Crippen LogP contribution in [0.3, 0.4) is 0 Å². The van der Waals surface area contributed by atoms with Crippen LogP contribution in [-0.4, -0.2) is 6.54 Å². The molecule has 0 aliphatic rings. The minimum Gasteiger partial charge on any atom is -0.385 e. The summed E-state index contributed by atoms with van der Waals surface area (Å²) in [5.74, 6) is -1.10. The van der Waals surface area contributed by atoms with Crippen LogP contribution in [0.1, 0.15) is 19.8 Å². The molecule has 0 spiro atoms. The van der Waals surface area contributed by atoms with Gasteiger partial charge >= 0.3 is 0 Å². The van der Waals surface area contributed by atoms with E-state index in [1.54, 1.807) is 12.1 Å². The van der Waals surface area contributed by atoms with Crippen LogP contribution in [-0.2, 0) is 0 Å². The molecule has 3 aromatic carbocycles. The molecule has 0 aliphatic carbocycles. The number of rotatable bonds is 6. The van der Waals surface area contributed by atoms with Crippen molar-refractivity contribution in [2.75, 3.05) is 11.9 Å². The van der Waals surface area contributed by atoms with E-state index in [-0.39, 0.29) is 5.56 Å². The highest BCUT2D eigenvalue weighted by molar-refractivity contribution is 5.84. The van der Waals surface area contributed by atoms with E-state index in [1.807, 2.05) is 36.4 Å². The number of anilines is 1. The summed E-state index contributed by atoms with van der Waals surface area (Å²) in [4.78, 5) is 0. The van der Waals surface area contributed by atoms with Crippen LogP contribution in [0.4, 0.5) is 14.5 Å². The van der Waals surface area contributed by atoms with Gasteiger partial charge in [0.1, 0.15) is 11.6 Å². The minimum absolute atomic E-state index is 0.0169. The third-order valence-corrected chi connectivity index (χ3v) is 4.21. The monoisotopic (exact) mass is 337 g/mol. The van der Waals surface area contributed by atoms with Gasteiger partial charge in [-0.1, -0.05) is 55.8 Å². The molecule has 128 valence electrons. The molecule has 0 aromatic heterocycles. The first-order chi connectivity index (χ1) is 12.2. The van der Waals surface area contributed by atoms with Gasteiger partial charge < -0.3 is 5.32 Å². The Morgan fingerprint density at radius 1 is 0.760 bits per heavy atom. The fourth-order valence-electron chi connectivity index (χ4n) is 2.89. The maximum absolute atomic E-state index is 14.2. The lowest BCUT2D eigenvalue weighted by molar-refractivity contribution is 0.589. The number of hydrogen-bond acceptors (Lipinski definition) is 1. The third-order valence-electron chi connectivity index (χ3n) is 4.21. The van der Waals surface area contributed by atoms with Crippen molar-refractivity contribution < 1.29 is 8.78 Å². The Labute approximate surface area is 147 Å². The second-order valence-electron chi connectivity index (χ2n) is 6.00. The largest absolute Gasteiger partial charge is 0.385 e. The molecule has 0 fully saturated rings. The van der Waals surface area contributed by atoms with Crippen LogP contribution in [0.25, 0.3) is 22.3 Å². The fourth-order valence-corrected chi connectivity index (χ4v) is 2.89. The van der Waals surface area contributed by atoms with Gasteiger partial charge in [-0.05, 0) is 47.4 Å². The fraction of sp³-hybridized carbons (Fsp3) is 0.182. The first-order valence-electron chi connectivity index (χ1n) is 8.58. The van der Waals surface area contributed by atoms with Gasteiger partial charge in [0, 0.05) is 12.2 Å². The van der Waals surface area contributed by atoms with Gasteiger partial charge in [0.15, 0.2) is 0 Å². The lowest BCUT2D eigenvalue weighted by atomic mass is 9.94. The third kappa shape index (κ3) is 3.87. The lowest BCUT2D eigenvalue weighted by Gasteiger charge is -2.13. The van der Waals surface area contributed by atoms with Crippen LogP contribution in [0.15, 0.2) is 66.7 Å². The van der Waals surface area contributed by atoms with E-state index in [0.29, 0.717) is 5.56 Å². The van der Waals surface area contributed by atoms with Gasteiger partial charge in [-0.15, -0.1) is 0 Å². The van der Waals surface area contributed by atoms with Crippen LogP contribution >= 0.6 is 0 Å². The topological polar surface area (TPSA) is 12.0 Å². The van der Waals surface area contributed by atoms with Crippen LogP contribution < -0.4 is 5.32 Å². The zero-order valence-corrected chi connectivity index (χ0v) is 14.2. The van der Waals surface area contributed by atoms with Gasteiger partial charge in [0.2, 0.25) is 0 Å². The summed E-state index contributed by atoms with van der Waals surface area (Å²) in [6.45, 7) is 3.09. The molecule has 0 unspecified atom stereocenters. The van der Waals surface area contributed by atoms with E-state index in [1.165, 1.54) is 18.2 Å². The van der Waals surface area contributed by atoms with E-state index in [0.717, 1.165) is 36.2 Å². The molecule has 0 aliphatic heterocycles. The van der Waals surface area contributed by atoms with Crippen LogP contribution in [0.2, 0.25) is 0 Å². The first kappa shape index (κ1) is 17.2. The van der Waals surface area contributed by atoms with E-state index in [9.17, 15) is 8.78 Å². The van der Waals surface area contributed by atoms with Crippen molar-refractivity contribution in [1.29, 1.82) is 0 Å². The van der Waals surface area contributed by atoms with Gasteiger partial charge in [-0.2, -0.15) is 0 Å². The van der Waals surface area contributed by atoms with Gasteiger partial charge in [-0.25, -0.2) is 8.78 Å². The number of unbranched alkanes of at least 4 members (excludes halogenated alkanes) is 1. The average Bonchev–Trinajstić information content (AvgIpc) is 2.63. The Hall–Kier alpha value is -2.68. The first-order valence-corrected chi connectivity index (χ1v) is 8.58. The Balaban J connectivity index is 1.96. The molecular formula is C22H21F2N. The predicted molar refractivity (Wildman–Crippen MR) is 101 cm³/mol. The summed E-state index contributed by atoms with van der Waals surface area (Å²) in [6.07, 6.45) is 2.27. The van der Waals surface area contributed by atoms with Crippen LogP contribution in [0, 0.1) is 11.6 Å². The molecule has 0 amide bonds. The summed E-state index contributed by atoms with van der Waals surface area (Å²) in [7, 11) is 0. The molecule has 3 aromatic rings. The molecule has 3 heteroatoms. The van der Waals surface area contributed by atoms with Crippen molar-refractivity contribution in [3.8, 4) is 22.3 Å². The highest BCUT2D eigenvalue weighted by Gasteiger charge is 2.15. The smallest absolute Gasteiger partial charge is 0.133 e. The highest BCUT2D eigenvalue weighted by Crippen LogP contribution is 2.35. The van der Waals surface area contributed by atoms with E-state index in [2.05, 4.69) is 12.2 Å². The zero-order chi connectivity index (χ0) is 17.6. The molecular weight excluding hydrogens is 316 g/mol. The Kier molecular flexibility index (Phi) is 5.44. The predicted octanol–water partition coefficient (Wildman–Crippen LogP) is 6.51. The quantitative estimate of drug-likeness (QED) is 0.505. The van der Waals surface area contributed by atoms with E-state index >= 15 is 0 Å². The Bertz CT molecular complexity index is 821. The minimum atomic E-state index is -0.551. The van der Waals surface area contributed by atoms with Crippen molar-refractivity contribution in [3.05, 3.63) is 78.4 Å². The number of benzene rings is 3. The summed E-state index contributed by atoms with van der Waals surface area (Å²) in [5, 5.41) is 3.37. The van der Waals surface area contributed by atoms with E-state index in [4.69, 9.17) is 0 Å². The molecule has 0 heterocycles. The Morgan fingerprint density at radius 3 is 2.04 bits per heavy atom. The molecule has 0 saturated heterocycles. The standard InChI is InChI=1S/C22H21F2N/c1-2-3-15-25-17-13-11-16(12-14-17)18-7-4-5-8-19(18)22-20(23)9-6-10-21(22)24/h4-14,25H,2-3,15H2,1H3. The second kappa shape index (κ2) is 7.93. The molecule has 0 bridgehead atoms. The number of nitrogens with one attached hydrogen (secondary N) is 1. The Morgan fingerprint density at radius 2 is 1.40 bits per heavy atom. The highest BCUT2D eigenvalue weighted by atomic mass is 19.1. The SMILES string of the molecule is CCCCNc1ccc(-c2ccccc2-c2c(F)cccc2F)cc1. The summed E-state index contributed by atoms with van der Waals surface area (Å²) >= 11 is 0. The van der Waals surface area contributed by atoms with Crippen molar-refractivity contribution in [2.45, 2.75) is 19.8 Å². The molecule has 25 heavy (non-hydrogen) atoms. The number of hydrogen-bond donors (Lipinski definition) is 1. The second-order valence-corrected chi connectivity index (χ2v) is 6.00. The van der Waals surface area contributed by atoms with Crippen molar-refractivity contribution in [1.82, 2.24) is 0 Å².